The van der Waals surface area contributed by atoms with Crippen molar-refractivity contribution in [1.29, 1.82) is 0 Å². The average molecular weight is 572 g/mol. The second-order valence-corrected chi connectivity index (χ2v) is 8.16. The van der Waals surface area contributed by atoms with Crippen LogP contribution in [0.2, 0.25) is 0 Å². The lowest BCUT2D eigenvalue weighted by atomic mass is 10.3. The van der Waals surface area contributed by atoms with Gasteiger partial charge in [-0.1, -0.05) is 6.92 Å². The molecule has 0 saturated carbocycles. The molecule has 0 aliphatic heterocycles. The van der Waals surface area contributed by atoms with E-state index in [1.165, 1.54) is 21.7 Å². The number of carboxylic acids is 1. The fourth-order valence-electron chi connectivity index (χ4n) is 2.93. The van der Waals surface area contributed by atoms with E-state index < -0.39 is 31.4 Å². The zero-order valence-electron chi connectivity index (χ0n) is 22.8. The van der Waals surface area contributed by atoms with E-state index in [4.69, 9.17) is 35.1 Å². The summed E-state index contributed by atoms with van der Waals surface area (Å²) in [6.45, 7) is 2.74. The second kappa shape index (κ2) is 26.7. The molecule has 0 aromatic rings. The van der Waals surface area contributed by atoms with E-state index in [2.05, 4.69) is 5.32 Å². The van der Waals surface area contributed by atoms with Crippen molar-refractivity contribution in [2.24, 2.45) is 0 Å². The van der Waals surface area contributed by atoms with Crippen molar-refractivity contribution < 1.29 is 59.7 Å². The van der Waals surface area contributed by atoms with Gasteiger partial charge in [0.1, 0.15) is 0 Å². The lowest BCUT2D eigenvalue weighted by Gasteiger charge is -2.26. The molecule has 2 unspecified atom stereocenters. The van der Waals surface area contributed by atoms with Gasteiger partial charge < -0.3 is 50.9 Å². The number of carbonyl (C=O) groups is 5. The highest BCUT2D eigenvalue weighted by atomic mass is 16.4. The predicted molar refractivity (Wildman–Crippen MR) is 138 cm³/mol. The molecule has 0 fully saturated rings. The number of nitrogens with zero attached hydrogens (tertiary/aromatic N) is 4. The molecule has 0 rings (SSSR count). The van der Waals surface area contributed by atoms with Gasteiger partial charge >= 0.3 is 5.97 Å². The Morgan fingerprint density at radius 2 is 1.13 bits per heavy atom. The highest BCUT2D eigenvalue weighted by Gasteiger charge is 2.19. The predicted octanol–water partition coefficient (Wildman–Crippen LogP) is -4.69. The van der Waals surface area contributed by atoms with Crippen molar-refractivity contribution in [3.8, 4) is 0 Å². The van der Waals surface area contributed by atoms with Gasteiger partial charge in [0.15, 0.2) is 0 Å². The molecule has 0 aromatic carbocycles. The molecule has 17 nitrogen and oxygen atoms in total. The fraction of sp³-hybridized carbons (Fsp3) is 0.773. The van der Waals surface area contributed by atoms with E-state index in [0.717, 1.165) is 0 Å². The lowest BCUT2D eigenvalue weighted by molar-refractivity contribution is -0.140. The van der Waals surface area contributed by atoms with Crippen molar-refractivity contribution >= 4 is 30.7 Å². The Bertz CT molecular complexity index is 667. The van der Waals surface area contributed by atoms with Crippen LogP contribution in [-0.2, 0) is 24.0 Å². The average Bonchev–Trinajstić information content (AvgIpc) is 2.87. The highest BCUT2D eigenvalue weighted by Crippen LogP contribution is 1.96. The number of hydrogen-bond donors (Lipinski definition) is 8. The number of rotatable bonds is 19. The molecule has 230 valence electrons. The van der Waals surface area contributed by atoms with Crippen molar-refractivity contribution in [2.45, 2.75) is 19.1 Å². The molecule has 0 aliphatic rings. The molecule has 0 saturated heterocycles. The molecule has 0 radical (unpaired) electrons. The molecule has 0 spiro atoms. The first-order valence-corrected chi connectivity index (χ1v) is 12.0. The van der Waals surface area contributed by atoms with Gasteiger partial charge in [-0.15, -0.1) is 0 Å². The van der Waals surface area contributed by atoms with Crippen molar-refractivity contribution in [3.05, 3.63) is 0 Å². The molecule has 17 heteroatoms. The van der Waals surface area contributed by atoms with Gasteiger partial charge in [-0.05, 0) is 6.54 Å². The smallest absolute Gasteiger partial charge is 0.317 e. The van der Waals surface area contributed by atoms with Gasteiger partial charge in [0, 0.05) is 53.4 Å². The van der Waals surface area contributed by atoms with Gasteiger partial charge in [-0.2, -0.15) is 0 Å². The number of aliphatic hydroxyl groups excluding tert-OH is 4. The van der Waals surface area contributed by atoms with Crippen LogP contribution in [0.15, 0.2) is 0 Å². The van der Waals surface area contributed by atoms with E-state index in [-0.39, 0.29) is 57.5 Å². The normalized spacial score (nSPS) is 11.8. The van der Waals surface area contributed by atoms with Crippen LogP contribution in [-0.4, -0.2) is 191 Å². The molecule has 39 heavy (non-hydrogen) atoms. The molecule has 2 atom stereocenters. The first-order chi connectivity index (χ1) is 18.4. The summed E-state index contributed by atoms with van der Waals surface area (Å²) in [5, 5.41) is 62.7. The van der Waals surface area contributed by atoms with Crippen molar-refractivity contribution in [1.82, 2.24) is 24.9 Å². The first kappa shape index (κ1) is 40.6. The van der Waals surface area contributed by atoms with Gasteiger partial charge in [0.2, 0.25) is 11.8 Å². The SMILES string of the molecule is CCN(CCNCCN(CC(=O)O)CC(=O)N(C)CC(O)CO)CC(=O)N(C)CC(O)CO.O=CO.O=CO. The van der Waals surface area contributed by atoms with Crippen LogP contribution in [0.4, 0.5) is 0 Å². The Labute approximate surface area is 227 Å². The maximum atomic E-state index is 12.3. The molecule has 0 aliphatic carbocycles. The van der Waals surface area contributed by atoms with Crippen LogP contribution in [0.3, 0.4) is 0 Å². The molecular weight excluding hydrogens is 526 g/mol. The summed E-state index contributed by atoms with van der Waals surface area (Å²) < 4.78 is 0. The van der Waals surface area contributed by atoms with E-state index in [1.807, 2.05) is 11.8 Å². The van der Waals surface area contributed by atoms with Gasteiger partial charge in [-0.25, -0.2) is 0 Å². The molecule has 0 bridgehead atoms. The van der Waals surface area contributed by atoms with Crippen LogP contribution in [0, 0.1) is 0 Å². The van der Waals surface area contributed by atoms with Crippen LogP contribution >= 0.6 is 0 Å². The Morgan fingerprint density at radius 3 is 1.46 bits per heavy atom. The number of hydrogen-bond acceptors (Lipinski definition) is 12. The highest BCUT2D eigenvalue weighted by molar-refractivity contribution is 5.79. The van der Waals surface area contributed by atoms with Gasteiger partial charge in [0.25, 0.3) is 12.9 Å². The van der Waals surface area contributed by atoms with E-state index in [1.54, 1.807) is 7.05 Å². The van der Waals surface area contributed by atoms with Gasteiger partial charge in [-0.3, -0.25) is 33.8 Å². The third kappa shape index (κ3) is 25.1. The molecule has 2 amide bonds. The minimum Gasteiger partial charge on any atom is -0.483 e. The lowest BCUT2D eigenvalue weighted by Crippen LogP contribution is -2.46. The standard InChI is InChI=1S/C20H41N5O8.2CH2O2/c1-4-24(11-18(30)22(2)9-16(28)14-26)7-5-21-6-8-25(13-20(32)33)12-19(31)23(3)10-17(29)15-27;2*2-1-3/h16-17,21,26-29H,4-15H2,1-3H3,(H,32,33);2*1H,(H,2,3). The van der Waals surface area contributed by atoms with Crippen LogP contribution in [0.5, 0.6) is 0 Å². The van der Waals surface area contributed by atoms with E-state index in [0.29, 0.717) is 32.7 Å². The van der Waals surface area contributed by atoms with Crippen molar-refractivity contribution in [2.75, 3.05) is 92.8 Å². The third-order valence-electron chi connectivity index (χ3n) is 4.98. The van der Waals surface area contributed by atoms with Crippen LogP contribution in [0.25, 0.3) is 0 Å². The summed E-state index contributed by atoms with van der Waals surface area (Å²) >= 11 is 0. The number of carbonyl (C=O) groups excluding carboxylic acids is 2. The molecular formula is C22H45N5O12. The summed E-state index contributed by atoms with van der Waals surface area (Å²) in [5.74, 6) is -1.60. The fourth-order valence-corrected chi connectivity index (χ4v) is 2.93. The number of aliphatic hydroxyl groups is 4. The quantitative estimate of drug-likeness (QED) is 0.0535. The Hall–Kier alpha value is -2.93. The third-order valence-corrected chi connectivity index (χ3v) is 4.98. The topological polar surface area (TPSA) is 252 Å². The monoisotopic (exact) mass is 571 g/mol. The Kier molecular flexibility index (Phi) is 27.7. The largest absolute Gasteiger partial charge is 0.483 e. The van der Waals surface area contributed by atoms with Gasteiger partial charge in [0.05, 0.1) is 45.1 Å². The second-order valence-electron chi connectivity index (χ2n) is 8.16. The maximum Gasteiger partial charge on any atom is 0.317 e. The van der Waals surface area contributed by atoms with E-state index in [9.17, 15) is 24.6 Å². The summed E-state index contributed by atoms with van der Waals surface area (Å²) in [7, 11) is 3.04. The minimum atomic E-state index is -1.06. The molecule has 0 heterocycles. The summed E-state index contributed by atoms with van der Waals surface area (Å²) in [5.41, 5.74) is 0. The number of carboxylic acid groups (broad SMARTS) is 3. The van der Waals surface area contributed by atoms with Crippen molar-refractivity contribution in [3.63, 3.8) is 0 Å². The Morgan fingerprint density at radius 1 is 0.769 bits per heavy atom. The van der Waals surface area contributed by atoms with Crippen LogP contribution < -0.4 is 5.32 Å². The summed E-state index contributed by atoms with van der Waals surface area (Å²) in [4.78, 5) is 58.3. The number of aliphatic carboxylic acids is 1. The molecule has 8 N–H and O–H groups in total. The number of amides is 2. The first-order valence-electron chi connectivity index (χ1n) is 12.0. The molecule has 0 aromatic heterocycles. The number of likely N-dealkylation sites (N-methyl/N-ethyl adjacent to an activating group) is 3. The number of nitrogens with one attached hydrogen (secondary N) is 1. The zero-order chi connectivity index (χ0) is 30.8. The van der Waals surface area contributed by atoms with Crippen LogP contribution in [0.1, 0.15) is 6.92 Å². The maximum absolute atomic E-state index is 12.3. The summed E-state index contributed by atoms with van der Waals surface area (Å²) in [6, 6.07) is 0. The van der Waals surface area contributed by atoms with E-state index >= 15 is 0 Å². The Balaban J connectivity index is -0.00000196. The summed E-state index contributed by atoms with van der Waals surface area (Å²) in [6.07, 6.45) is -2.03. The minimum absolute atomic E-state index is 0.0474. The zero-order valence-corrected chi connectivity index (χ0v) is 22.8.